The zero-order valence-corrected chi connectivity index (χ0v) is 8.01. The van der Waals surface area contributed by atoms with Gasteiger partial charge in [0.1, 0.15) is 5.78 Å². The van der Waals surface area contributed by atoms with Crippen LogP contribution in [0.25, 0.3) is 0 Å². The molecule has 5 heteroatoms. The van der Waals surface area contributed by atoms with Crippen molar-refractivity contribution in [3.05, 3.63) is 23.8 Å². The molecule has 0 saturated carbocycles. The Balaban J connectivity index is 3.04. The molecule has 0 saturated heterocycles. The van der Waals surface area contributed by atoms with Crippen molar-refractivity contribution in [1.82, 2.24) is 0 Å². The molecule has 0 aromatic heterocycles. The fourth-order valence-corrected chi connectivity index (χ4v) is 1.43. The van der Waals surface area contributed by atoms with Crippen molar-refractivity contribution in [2.75, 3.05) is 0 Å². The van der Waals surface area contributed by atoms with Crippen molar-refractivity contribution < 1.29 is 24.6 Å². The molecular weight excluding hydrogens is 200 g/mol. The lowest BCUT2D eigenvalue weighted by Crippen LogP contribution is -2.28. The Morgan fingerprint density at radius 3 is 2.20 bits per heavy atom. The molecule has 15 heavy (non-hydrogen) atoms. The molecule has 2 N–H and O–H groups in total. The van der Waals surface area contributed by atoms with Gasteiger partial charge in [-0.2, -0.15) is 0 Å². The molecule has 1 aliphatic rings. The van der Waals surface area contributed by atoms with Crippen molar-refractivity contribution in [2.45, 2.75) is 6.92 Å². The summed E-state index contributed by atoms with van der Waals surface area (Å²) < 4.78 is 0. The van der Waals surface area contributed by atoms with E-state index >= 15 is 0 Å². The smallest absolute Gasteiger partial charge is 0.335 e. The van der Waals surface area contributed by atoms with Crippen LogP contribution in [0, 0.1) is 11.8 Å². The van der Waals surface area contributed by atoms with Gasteiger partial charge in [0.05, 0.1) is 17.4 Å². The van der Waals surface area contributed by atoms with Crippen LogP contribution >= 0.6 is 0 Å². The summed E-state index contributed by atoms with van der Waals surface area (Å²) in [5.41, 5.74) is -0.0484. The highest BCUT2D eigenvalue weighted by atomic mass is 16.4. The number of carbonyl (C=O) groups is 3. The lowest BCUT2D eigenvalue weighted by atomic mass is 9.83. The third-order valence-corrected chi connectivity index (χ3v) is 2.23. The minimum atomic E-state index is -1.17. The predicted octanol–water partition coefficient (Wildman–Crippen LogP) is 0.473. The van der Waals surface area contributed by atoms with E-state index in [4.69, 9.17) is 10.2 Å². The molecule has 0 aromatic rings. The first kappa shape index (κ1) is 11.2. The highest BCUT2D eigenvalue weighted by molar-refractivity contribution is 5.95. The second-order valence-electron chi connectivity index (χ2n) is 3.29. The van der Waals surface area contributed by atoms with Crippen molar-refractivity contribution >= 4 is 17.7 Å². The Morgan fingerprint density at radius 2 is 1.80 bits per heavy atom. The number of allylic oxidation sites excluding steroid dienone is 1. The van der Waals surface area contributed by atoms with Gasteiger partial charge in [0.15, 0.2) is 0 Å². The van der Waals surface area contributed by atoms with Crippen LogP contribution < -0.4 is 0 Å². The number of aliphatic carboxylic acids is 2. The van der Waals surface area contributed by atoms with Crippen LogP contribution in [0.15, 0.2) is 23.8 Å². The Bertz CT molecular complexity index is 377. The summed E-state index contributed by atoms with van der Waals surface area (Å²) in [5, 5.41) is 17.5. The molecule has 0 spiro atoms. The van der Waals surface area contributed by atoms with Gasteiger partial charge in [-0.1, -0.05) is 18.2 Å². The van der Waals surface area contributed by atoms with Gasteiger partial charge in [-0.25, -0.2) is 4.79 Å². The van der Waals surface area contributed by atoms with Crippen molar-refractivity contribution in [1.29, 1.82) is 0 Å². The average Bonchev–Trinajstić information content (AvgIpc) is 2.16. The van der Waals surface area contributed by atoms with Crippen molar-refractivity contribution in [2.24, 2.45) is 11.8 Å². The topological polar surface area (TPSA) is 91.7 Å². The summed E-state index contributed by atoms with van der Waals surface area (Å²) in [7, 11) is 0. The molecule has 0 aliphatic heterocycles. The summed E-state index contributed by atoms with van der Waals surface area (Å²) in [6, 6.07) is 0. The van der Waals surface area contributed by atoms with Crippen molar-refractivity contribution in [3.8, 4) is 0 Å². The fraction of sp³-hybridized carbons (Fsp3) is 0.300. The van der Waals surface area contributed by atoms with E-state index in [1.807, 2.05) is 0 Å². The summed E-state index contributed by atoms with van der Waals surface area (Å²) in [5.74, 6) is -4.51. The van der Waals surface area contributed by atoms with E-state index in [-0.39, 0.29) is 11.4 Å². The fourth-order valence-electron chi connectivity index (χ4n) is 1.43. The van der Waals surface area contributed by atoms with Gasteiger partial charge in [-0.15, -0.1) is 0 Å². The van der Waals surface area contributed by atoms with Gasteiger partial charge in [0.2, 0.25) is 0 Å². The normalized spacial score (nSPS) is 24.5. The van der Waals surface area contributed by atoms with E-state index in [1.165, 1.54) is 25.2 Å². The van der Waals surface area contributed by atoms with Gasteiger partial charge >= 0.3 is 11.9 Å². The second kappa shape index (κ2) is 4.08. The molecular formula is C10H10O5. The largest absolute Gasteiger partial charge is 0.481 e. The number of carboxylic acids is 2. The molecule has 0 bridgehead atoms. The summed E-state index contributed by atoms with van der Waals surface area (Å²) in [6.45, 7) is 1.25. The zero-order chi connectivity index (χ0) is 11.6. The van der Waals surface area contributed by atoms with Gasteiger partial charge in [0, 0.05) is 0 Å². The summed E-state index contributed by atoms with van der Waals surface area (Å²) >= 11 is 0. The number of carbonyl (C=O) groups excluding carboxylic acids is 1. The number of hydrogen-bond acceptors (Lipinski definition) is 3. The van der Waals surface area contributed by atoms with E-state index in [0.717, 1.165) is 0 Å². The summed E-state index contributed by atoms with van der Waals surface area (Å²) in [4.78, 5) is 32.5. The number of Topliss-reactive ketones (excluding diaryl/α,β-unsaturated/α-hetero) is 1. The van der Waals surface area contributed by atoms with Crippen LogP contribution in [0.1, 0.15) is 6.92 Å². The third-order valence-electron chi connectivity index (χ3n) is 2.23. The van der Waals surface area contributed by atoms with Crippen LogP contribution in [-0.4, -0.2) is 27.9 Å². The van der Waals surface area contributed by atoms with Gasteiger partial charge < -0.3 is 10.2 Å². The third kappa shape index (κ3) is 2.31. The number of carboxylic acid groups (broad SMARTS) is 2. The lowest BCUT2D eigenvalue weighted by Gasteiger charge is -2.19. The molecule has 2 unspecified atom stereocenters. The SMILES string of the molecule is CC(=O)C1C=C(C(=O)O)C=CC1C(=O)O. The second-order valence-corrected chi connectivity index (χ2v) is 3.29. The van der Waals surface area contributed by atoms with Gasteiger partial charge in [-0.05, 0) is 6.92 Å². The highest BCUT2D eigenvalue weighted by Crippen LogP contribution is 2.24. The van der Waals surface area contributed by atoms with E-state index in [0.29, 0.717) is 0 Å². The first-order chi connectivity index (χ1) is 6.93. The van der Waals surface area contributed by atoms with Crippen LogP contribution in [0.3, 0.4) is 0 Å². The number of hydrogen-bond donors (Lipinski definition) is 2. The summed E-state index contributed by atoms with van der Waals surface area (Å²) in [6.07, 6.45) is 3.63. The molecule has 0 aromatic carbocycles. The maximum atomic E-state index is 11.1. The molecule has 2 atom stereocenters. The molecule has 0 heterocycles. The van der Waals surface area contributed by atoms with Crippen LogP contribution in [-0.2, 0) is 14.4 Å². The van der Waals surface area contributed by atoms with Crippen LogP contribution in [0.4, 0.5) is 0 Å². The van der Waals surface area contributed by atoms with Crippen LogP contribution in [0.5, 0.6) is 0 Å². The zero-order valence-electron chi connectivity index (χ0n) is 8.01. The number of rotatable bonds is 3. The van der Waals surface area contributed by atoms with E-state index < -0.39 is 23.8 Å². The average molecular weight is 210 g/mol. The maximum Gasteiger partial charge on any atom is 0.335 e. The van der Waals surface area contributed by atoms with Crippen LogP contribution in [0.2, 0.25) is 0 Å². The van der Waals surface area contributed by atoms with E-state index in [9.17, 15) is 14.4 Å². The molecule has 1 aliphatic carbocycles. The van der Waals surface area contributed by atoms with E-state index in [1.54, 1.807) is 0 Å². The first-order valence-corrected chi connectivity index (χ1v) is 4.30. The Morgan fingerprint density at radius 1 is 1.20 bits per heavy atom. The van der Waals surface area contributed by atoms with Gasteiger partial charge in [0.25, 0.3) is 0 Å². The lowest BCUT2D eigenvalue weighted by molar-refractivity contribution is -0.143. The monoisotopic (exact) mass is 210 g/mol. The minimum Gasteiger partial charge on any atom is -0.481 e. The Kier molecular flexibility index (Phi) is 3.04. The quantitative estimate of drug-likeness (QED) is 0.706. The Hall–Kier alpha value is -1.91. The molecule has 0 fully saturated rings. The number of ketones is 1. The molecule has 80 valence electrons. The van der Waals surface area contributed by atoms with Crippen molar-refractivity contribution in [3.63, 3.8) is 0 Å². The molecule has 1 rings (SSSR count). The molecule has 0 radical (unpaired) electrons. The maximum absolute atomic E-state index is 11.1. The van der Waals surface area contributed by atoms with E-state index in [2.05, 4.69) is 0 Å². The van der Waals surface area contributed by atoms with Gasteiger partial charge in [-0.3, -0.25) is 9.59 Å². The minimum absolute atomic E-state index is 0.0484. The Labute approximate surface area is 85.7 Å². The highest BCUT2D eigenvalue weighted by Gasteiger charge is 2.31. The standard InChI is InChI=1S/C10H10O5/c1-5(11)8-4-6(9(12)13)2-3-7(8)10(14)15/h2-4,7-8H,1H3,(H,12,13)(H,14,15). The first-order valence-electron chi connectivity index (χ1n) is 4.30. The molecule has 5 nitrogen and oxygen atoms in total. The molecule has 0 amide bonds. The predicted molar refractivity (Wildman–Crippen MR) is 50.2 cm³/mol.